The van der Waals surface area contributed by atoms with Gasteiger partial charge in [-0.05, 0) is 52.2 Å². The number of nitrogens with zero attached hydrogens (tertiary/aromatic N) is 4. The molecule has 14 heteroatoms. The lowest BCUT2D eigenvalue weighted by Gasteiger charge is -2.21. The number of nitrogens with two attached hydrogens (primary N) is 1. The number of halogens is 5. The van der Waals surface area contributed by atoms with E-state index < -0.39 is 52.3 Å². The van der Waals surface area contributed by atoms with E-state index >= 15 is 4.39 Å². The smallest absolute Gasteiger partial charge is 0.407 e. The van der Waals surface area contributed by atoms with Crippen LogP contribution in [0.4, 0.5) is 32.6 Å². The van der Waals surface area contributed by atoms with Crippen LogP contribution in [-0.4, -0.2) is 37.5 Å². The summed E-state index contributed by atoms with van der Waals surface area (Å²) >= 11 is 0. The molecule has 1 aliphatic carbocycles. The molecular formula is C27H25F5N6O3. The third kappa shape index (κ3) is 5.58. The molecular weight excluding hydrogens is 551 g/mol. The zero-order chi connectivity index (χ0) is 29.6. The van der Waals surface area contributed by atoms with E-state index in [1.807, 2.05) is 0 Å². The Morgan fingerprint density at radius 2 is 1.73 bits per heavy atom. The van der Waals surface area contributed by atoms with Crippen LogP contribution in [0.25, 0.3) is 22.3 Å². The number of anilines is 1. The van der Waals surface area contributed by atoms with Crippen molar-refractivity contribution in [1.29, 1.82) is 0 Å². The predicted octanol–water partition coefficient (Wildman–Crippen LogP) is 6.18. The van der Waals surface area contributed by atoms with Crippen molar-refractivity contribution in [2.45, 2.75) is 57.7 Å². The average molecular weight is 577 g/mol. The molecule has 4 aromatic rings. The minimum atomic E-state index is -1.76. The Labute approximate surface area is 230 Å². The minimum absolute atomic E-state index is 0.0370. The average Bonchev–Trinajstić information content (AvgIpc) is 3.49. The summed E-state index contributed by atoms with van der Waals surface area (Å²) in [7, 11) is 0. The molecule has 5 rings (SSSR count). The maximum absolute atomic E-state index is 15.4. The Balaban J connectivity index is 1.45. The maximum atomic E-state index is 15.4. The van der Waals surface area contributed by atoms with Crippen molar-refractivity contribution in [3.05, 3.63) is 59.7 Å². The fourth-order valence-electron chi connectivity index (χ4n) is 4.73. The third-order valence-electron chi connectivity index (χ3n) is 6.48. The highest BCUT2D eigenvalue weighted by atomic mass is 19.2. The zero-order valence-corrected chi connectivity index (χ0v) is 22.1. The van der Waals surface area contributed by atoms with Gasteiger partial charge in [0, 0.05) is 23.7 Å². The number of ether oxygens (including phenoxy) is 2. The molecule has 1 amide bonds. The number of benzene rings is 2. The van der Waals surface area contributed by atoms with Crippen molar-refractivity contribution in [3.8, 4) is 22.8 Å². The van der Waals surface area contributed by atoms with Crippen LogP contribution in [0.1, 0.15) is 46.1 Å². The van der Waals surface area contributed by atoms with Gasteiger partial charge in [0.2, 0.25) is 17.4 Å². The quantitative estimate of drug-likeness (QED) is 0.215. The van der Waals surface area contributed by atoms with E-state index in [1.54, 1.807) is 25.5 Å². The van der Waals surface area contributed by atoms with Crippen LogP contribution in [0.3, 0.4) is 0 Å². The standard InChI is InChI=1S/C27H25F5N6O3/c1-27(2,3)41-26(39)36-12-4-5-13(8-12)38-25-19(24(33)34-11-35-25)22(37-38)15-7-6-14(9-16(15)28)40-23-20(31)17(29)10-18(30)21(23)32/h6-7,9-13H,4-5,8H2,1-3H3,(H,36,39)(H2,33,34,35)/t12?,13-/m1/s1. The second kappa shape index (κ2) is 10.5. The number of hydrogen-bond acceptors (Lipinski definition) is 7. The molecule has 216 valence electrons. The lowest BCUT2D eigenvalue weighted by atomic mass is 10.1. The number of alkyl carbamates (subject to hydrolysis) is 1. The lowest BCUT2D eigenvalue weighted by molar-refractivity contribution is 0.0504. The van der Waals surface area contributed by atoms with Gasteiger partial charge in [-0.2, -0.15) is 13.9 Å². The van der Waals surface area contributed by atoms with Gasteiger partial charge in [0.15, 0.2) is 17.3 Å². The molecule has 1 aliphatic rings. The monoisotopic (exact) mass is 576 g/mol. The molecule has 0 bridgehead atoms. The summed E-state index contributed by atoms with van der Waals surface area (Å²) in [5.41, 5.74) is 5.85. The molecule has 3 N–H and O–H groups in total. The fourth-order valence-corrected chi connectivity index (χ4v) is 4.73. The van der Waals surface area contributed by atoms with E-state index in [1.165, 1.54) is 12.4 Å². The van der Waals surface area contributed by atoms with Crippen molar-refractivity contribution in [2.24, 2.45) is 0 Å². The van der Waals surface area contributed by atoms with Crippen LogP contribution in [0.15, 0.2) is 30.6 Å². The van der Waals surface area contributed by atoms with Crippen LogP contribution < -0.4 is 15.8 Å². The number of carbonyl (C=O) groups is 1. The molecule has 2 aromatic carbocycles. The van der Waals surface area contributed by atoms with E-state index in [2.05, 4.69) is 20.4 Å². The van der Waals surface area contributed by atoms with Gasteiger partial charge < -0.3 is 20.5 Å². The largest absolute Gasteiger partial charge is 0.451 e. The molecule has 0 saturated heterocycles. The highest BCUT2D eigenvalue weighted by molar-refractivity contribution is 5.98. The molecule has 0 aliphatic heterocycles. The lowest BCUT2D eigenvalue weighted by Crippen LogP contribution is -2.38. The number of hydrogen-bond donors (Lipinski definition) is 2. The first-order chi connectivity index (χ1) is 19.3. The van der Waals surface area contributed by atoms with Gasteiger partial charge in [0.05, 0.1) is 11.4 Å². The Morgan fingerprint density at radius 1 is 1.02 bits per heavy atom. The molecule has 9 nitrogen and oxygen atoms in total. The second-order valence-electron chi connectivity index (χ2n) is 10.6. The van der Waals surface area contributed by atoms with Crippen molar-refractivity contribution >= 4 is 22.9 Å². The van der Waals surface area contributed by atoms with E-state index in [4.69, 9.17) is 15.2 Å². The Bertz CT molecular complexity index is 1630. The summed E-state index contributed by atoms with van der Waals surface area (Å²) < 4.78 is 82.5. The summed E-state index contributed by atoms with van der Waals surface area (Å²) in [6.45, 7) is 5.30. The molecule has 0 radical (unpaired) electrons. The van der Waals surface area contributed by atoms with Crippen LogP contribution in [-0.2, 0) is 4.74 Å². The molecule has 1 saturated carbocycles. The normalized spacial score (nSPS) is 17.2. The van der Waals surface area contributed by atoms with Gasteiger partial charge in [0.1, 0.15) is 35.0 Å². The zero-order valence-electron chi connectivity index (χ0n) is 22.1. The molecule has 2 atom stereocenters. The highest BCUT2D eigenvalue weighted by Crippen LogP contribution is 2.39. The van der Waals surface area contributed by atoms with Crippen LogP contribution in [0.5, 0.6) is 11.5 Å². The van der Waals surface area contributed by atoms with E-state index in [0.29, 0.717) is 24.9 Å². The Morgan fingerprint density at radius 3 is 2.39 bits per heavy atom. The van der Waals surface area contributed by atoms with Gasteiger partial charge in [-0.15, -0.1) is 0 Å². The summed E-state index contributed by atoms with van der Waals surface area (Å²) in [6, 6.07) is 2.78. The van der Waals surface area contributed by atoms with Crippen molar-refractivity contribution in [2.75, 3.05) is 5.73 Å². The molecule has 2 aromatic heterocycles. The van der Waals surface area contributed by atoms with Gasteiger partial charge in [0.25, 0.3) is 0 Å². The number of nitrogen functional groups attached to an aromatic ring is 1. The maximum Gasteiger partial charge on any atom is 0.407 e. The number of fused-ring (bicyclic) bond motifs is 1. The number of amides is 1. The van der Waals surface area contributed by atoms with Crippen molar-refractivity contribution in [1.82, 2.24) is 25.1 Å². The second-order valence-corrected chi connectivity index (χ2v) is 10.6. The van der Waals surface area contributed by atoms with Gasteiger partial charge in [-0.25, -0.2) is 32.6 Å². The van der Waals surface area contributed by atoms with Gasteiger partial charge in [-0.3, -0.25) is 0 Å². The summed E-state index contributed by atoms with van der Waals surface area (Å²) in [4.78, 5) is 20.5. The van der Waals surface area contributed by atoms with E-state index in [-0.39, 0.29) is 40.6 Å². The molecule has 1 unspecified atom stereocenters. The van der Waals surface area contributed by atoms with E-state index in [9.17, 15) is 22.4 Å². The summed E-state index contributed by atoms with van der Waals surface area (Å²) in [6.07, 6.45) is 2.47. The first kappa shape index (κ1) is 28.1. The summed E-state index contributed by atoms with van der Waals surface area (Å²) in [5.74, 6) is -9.52. The predicted molar refractivity (Wildman–Crippen MR) is 138 cm³/mol. The fraction of sp³-hybridized carbons (Fsp3) is 0.333. The number of nitrogens with one attached hydrogen (secondary N) is 1. The summed E-state index contributed by atoms with van der Waals surface area (Å²) in [5, 5.41) is 7.71. The van der Waals surface area contributed by atoms with Crippen LogP contribution >= 0.6 is 0 Å². The molecule has 1 fully saturated rings. The number of aromatic nitrogens is 4. The molecule has 2 heterocycles. The van der Waals surface area contributed by atoms with Crippen LogP contribution in [0, 0.1) is 29.1 Å². The molecule has 0 spiro atoms. The SMILES string of the molecule is CC(C)(C)OC(=O)NC1CC[C@@H](n2nc(-c3ccc(Oc4c(F)c(F)cc(F)c4F)cc3F)c3c(N)ncnc32)C1. The van der Waals surface area contributed by atoms with Crippen LogP contribution in [0.2, 0.25) is 0 Å². The Kier molecular flexibility index (Phi) is 7.17. The van der Waals surface area contributed by atoms with Crippen molar-refractivity contribution < 1.29 is 36.2 Å². The third-order valence-corrected chi connectivity index (χ3v) is 6.48. The molecule has 41 heavy (non-hydrogen) atoms. The topological polar surface area (TPSA) is 117 Å². The van der Waals surface area contributed by atoms with Gasteiger partial charge in [-0.1, -0.05) is 0 Å². The van der Waals surface area contributed by atoms with E-state index in [0.717, 1.165) is 12.1 Å². The Hall–Kier alpha value is -4.49. The minimum Gasteiger partial charge on any atom is -0.451 e. The number of carbonyl (C=O) groups excluding carboxylic acids is 1. The highest BCUT2D eigenvalue weighted by Gasteiger charge is 2.32. The first-order valence-electron chi connectivity index (χ1n) is 12.6. The number of rotatable bonds is 5. The first-order valence-corrected chi connectivity index (χ1v) is 12.6. The van der Waals surface area contributed by atoms with Crippen molar-refractivity contribution in [3.63, 3.8) is 0 Å². The van der Waals surface area contributed by atoms with Gasteiger partial charge >= 0.3 is 6.09 Å².